The molecule has 0 aromatic heterocycles. The van der Waals surface area contributed by atoms with Gasteiger partial charge in [0.05, 0.1) is 18.7 Å². The molecule has 1 heterocycles. The van der Waals surface area contributed by atoms with E-state index in [9.17, 15) is 14.0 Å². The van der Waals surface area contributed by atoms with Crippen LogP contribution in [0.3, 0.4) is 0 Å². The van der Waals surface area contributed by atoms with Gasteiger partial charge in [-0.25, -0.2) is 4.39 Å². The van der Waals surface area contributed by atoms with E-state index in [1.807, 2.05) is 50.2 Å². The molecule has 0 bridgehead atoms. The van der Waals surface area contributed by atoms with Gasteiger partial charge in [-0.1, -0.05) is 24.3 Å². The molecule has 0 atom stereocenters. The normalized spacial score (nSPS) is 13.5. The Kier molecular flexibility index (Phi) is 6.63. The van der Waals surface area contributed by atoms with Crippen molar-refractivity contribution >= 4 is 28.8 Å². The third-order valence-electron chi connectivity index (χ3n) is 5.53. The van der Waals surface area contributed by atoms with Gasteiger partial charge < -0.3 is 15.0 Å². The van der Waals surface area contributed by atoms with Gasteiger partial charge in [-0.2, -0.15) is 0 Å². The number of rotatable bonds is 8. The topological polar surface area (TPSA) is 61.9 Å². The van der Waals surface area contributed by atoms with Crippen molar-refractivity contribution in [3.8, 4) is 5.75 Å². The van der Waals surface area contributed by atoms with Crippen molar-refractivity contribution in [2.24, 2.45) is 0 Å². The number of nitrogens with one attached hydrogen (secondary N) is 1. The molecule has 1 aliphatic heterocycles. The second-order valence-corrected chi connectivity index (χ2v) is 8.10. The van der Waals surface area contributed by atoms with Gasteiger partial charge in [-0.15, -0.1) is 0 Å². The van der Waals surface area contributed by atoms with Crippen molar-refractivity contribution in [3.63, 3.8) is 0 Å². The summed E-state index contributed by atoms with van der Waals surface area (Å²) < 4.78 is 18.8. The van der Waals surface area contributed by atoms with E-state index >= 15 is 0 Å². The van der Waals surface area contributed by atoms with Crippen LogP contribution >= 0.6 is 0 Å². The molecule has 0 spiro atoms. The van der Waals surface area contributed by atoms with Crippen LogP contribution in [0.5, 0.6) is 5.75 Å². The van der Waals surface area contributed by atoms with Crippen LogP contribution in [0.25, 0.3) is 5.57 Å². The van der Waals surface area contributed by atoms with Gasteiger partial charge in [0, 0.05) is 25.5 Å². The Labute approximate surface area is 198 Å². The van der Waals surface area contributed by atoms with Crippen LogP contribution < -0.4 is 15.0 Å². The second-order valence-electron chi connectivity index (χ2n) is 8.10. The molecule has 6 nitrogen and oxygen atoms in total. The smallest absolute Gasteiger partial charge is 0.278 e. The minimum absolute atomic E-state index is 0.0449. The average Bonchev–Trinajstić information content (AvgIpc) is 3.06. The lowest BCUT2D eigenvalue weighted by Gasteiger charge is -2.16. The largest absolute Gasteiger partial charge is 0.494 e. The monoisotopic (exact) mass is 459 g/mol. The molecule has 0 fully saturated rings. The van der Waals surface area contributed by atoms with Crippen LogP contribution in [-0.2, 0) is 16.1 Å². The van der Waals surface area contributed by atoms with Crippen LogP contribution in [0.15, 0.2) is 78.5 Å². The number of halogens is 1. The molecule has 174 valence electrons. The van der Waals surface area contributed by atoms with Gasteiger partial charge in [0.15, 0.2) is 0 Å². The Bertz CT molecular complexity index is 1220. The SMILES string of the molecule is CCOc1ccc(C2=C(Nc3ccc(N(C)C)cc3)C(=O)N(Cc3ccc(F)cc3)C2=O)cc1. The number of nitrogens with zero attached hydrogens (tertiary/aromatic N) is 2. The summed E-state index contributed by atoms with van der Waals surface area (Å²) >= 11 is 0. The van der Waals surface area contributed by atoms with Gasteiger partial charge in [0.1, 0.15) is 17.3 Å². The van der Waals surface area contributed by atoms with E-state index in [1.54, 1.807) is 36.4 Å². The number of imide groups is 1. The molecule has 7 heteroatoms. The molecule has 2 amide bonds. The lowest BCUT2D eigenvalue weighted by molar-refractivity contribution is -0.137. The fourth-order valence-electron chi connectivity index (χ4n) is 3.75. The summed E-state index contributed by atoms with van der Waals surface area (Å²) in [7, 11) is 3.89. The lowest BCUT2D eigenvalue weighted by atomic mass is 10.0. The van der Waals surface area contributed by atoms with Gasteiger partial charge in [-0.05, 0) is 66.6 Å². The van der Waals surface area contributed by atoms with Crippen molar-refractivity contribution in [2.45, 2.75) is 13.5 Å². The van der Waals surface area contributed by atoms with Gasteiger partial charge in [-0.3, -0.25) is 14.5 Å². The van der Waals surface area contributed by atoms with Crippen molar-refractivity contribution < 1.29 is 18.7 Å². The molecule has 1 aliphatic rings. The Hall–Kier alpha value is -4.13. The van der Waals surface area contributed by atoms with E-state index in [2.05, 4.69) is 5.32 Å². The molecule has 4 rings (SSSR count). The second kappa shape index (κ2) is 9.79. The van der Waals surface area contributed by atoms with Crippen LogP contribution in [0, 0.1) is 5.82 Å². The average molecular weight is 460 g/mol. The number of hydrogen-bond donors (Lipinski definition) is 1. The summed E-state index contributed by atoms with van der Waals surface area (Å²) in [5, 5.41) is 3.16. The minimum atomic E-state index is -0.435. The van der Waals surface area contributed by atoms with Crippen molar-refractivity contribution in [1.82, 2.24) is 4.90 Å². The van der Waals surface area contributed by atoms with E-state index in [0.29, 0.717) is 29.2 Å². The van der Waals surface area contributed by atoms with E-state index in [4.69, 9.17) is 4.74 Å². The maximum absolute atomic E-state index is 13.4. The Morgan fingerprint density at radius 2 is 1.53 bits per heavy atom. The highest BCUT2D eigenvalue weighted by Crippen LogP contribution is 2.32. The van der Waals surface area contributed by atoms with Crippen LogP contribution in [-0.4, -0.2) is 37.4 Å². The molecule has 0 unspecified atom stereocenters. The molecule has 1 N–H and O–H groups in total. The minimum Gasteiger partial charge on any atom is -0.494 e. The number of benzene rings is 3. The van der Waals surface area contributed by atoms with Crippen molar-refractivity contribution in [1.29, 1.82) is 0 Å². The molecular formula is C27H26FN3O3. The maximum atomic E-state index is 13.4. The molecule has 0 aliphatic carbocycles. The van der Waals surface area contributed by atoms with Crippen molar-refractivity contribution in [2.75, 3.05) is 30.9 Å². The Morgan fingerprint density at radius 1 is 0.882 bits per heavy atom. The number of hydrogen-bond acceptors (Lipinski definition) is 5. The maximum Gasteiger partial charge on any atom is 0.278 e. The lowest BCUT2D eigenvalue weighted by Crippen LogP contribution is -2.32. The third kappa shape index (κ3) is 4.78. The van der Waals surface area contributed by atoms with E-state index in [1.165, 1.54) is 17.0 Å². The zero-order chi connectivity index (χ0) is 24.2. The predicted molar refractivity (Wildman–Crippen MR) is 131 cm³/mol. The van der Waals surface area contributed by atoms with Crippen LogP contribution in [0.2, 0.25) is 0 Å². The fourth-order valence-corrected chi connectivity index (χ4v) is 3.75. The van der Waals surface area contributed by atoms with Gasteiger partial charge in [0.25, 0.3) is 11.8 Å². The molecule has 34 heavy (non-hydrogen) atoms. The van der Waals surface area contributed by atoms with Crippen LogP contribution in [0.1, 0.15) is 18.1 Å². The van der Waals surface area contributed by atoms with E-state index in [0.717, 1.165) is 5.69 Å². The van der Waals surface area contributed by atoms with E-state index < -0.39 is 11.8 Å². The third-order valence-corrected chi connectivity index (χ3v) is 5.53. The molecule has 3 aromatic carbocycles. The highest BCUT2D eigenvalue weighted by Gasteiger charge is 2.39. The quantitative estimate of drug-likeness (QED) is 0.496. The highest BCUT2D eigenvalue weighted by atomic mass is 19.1. The van der Waals surface area contributed by atoms with Gasteiger partial charge >= 0.3 is 0 Å². The molecule has 0 saturated heterocycles. The number of ether oxygens (including phenoxy) is 1. The summed E-state index contributed by atoms with van der Waals surface area (Å²) in [6.45, 7) is 2.47. The Balaban J connectivity index is 1.69. The molecule has 0 saturated carbocycles. The summed E-state index contributed by atoms with van der Waals surface area (Å²) in [6.07, 6.45) is 0. The number of anilines is 2. The Morgan fingerprint density at radius 3 is 2.12 bits per heavy atom. The first-order valence-electron chi connectivity index (χ1n) is 11.0. The first kappa shape index (κ1) is 23.0. The van der Waals surface area contributed by atoms with Gasteiger partial charge in [0.2, 0.25) is 0 Å². The zero-order valence-electron chi connectivity index (χ0n) is 19.3. The standard InChI is InChI=1S/C27H26FN3O3/c1-4-34-23-15-7-19(8-16-23)24-25(29-21-11-13-22(14-12-21)30(2)3)27(33)31(26(24)32)17-18-5-9-20(28)10-6-18/h5-16,29H,4,17H2,1-3H3. The van der Waals surface area contributed by atoms with Crippen LogP contribution in [0.4, 0.5) is 15.8 Å². The molecular weight excluding hydrogens is 433 g/mol. The first-order valence-corrected chi connectivity index (χ1v) is 11.0. The summed E-state index contributed by atoms with van der Waals surface area (Å²) in [6, 6.07) is 20.4. The highest BCUT2D eigenvalue weighted by molar-refractivity contribution is 6.36. The predicted octanol–water partition coefficient (Wildman–Crippen LogP) is 4.68. The zero-order valence-corrected chi connectivity index (χ0v) is 19.3. The summed E-state index contributed by atoms with van der Waals surface area (Å²) in [4.78, 5) is 30.0. The number of amides is 2. The number of carbonyl (C=O) groups is 2. The summed E-state index contributed by atoms with van der Waals surface area (Å²) in [5.74, 6) is -0.541. The molecule has 3 aromatic rings. The molecule has 0 radical (unpaired) electrons. The number of carbonyl (C=O) groups excluding carboxylic acids is 2. The first-order chi connectivity index (χ1) is 16.4. The van der Waals surface area contributed by atoms with E-state index in [-0.39, 0.29) is 23.6 Å². The van der Waals surface area contributed by atoms with Crippen molar-refractivity contribution in [3.05, 3.63) is 95.4 Å². The summed E-state index contributed by atoms with van der Waals surface area (Å²) in [5.41, 5.74) is 3.45. The fraction of sp³-hybridized carbons (Fsp3) is 0.185.